The Morgan fingerprint density at radius 3 is 2.84 bits per heavy atom. The third kappa shape index (κ3) is 3.80. The van der Waals surface area contributed by atoms with Crippen LogP contribution in [0.25, 0.3) is 0 Å². The first-order chi connectivity index (χ1) is 12.3. The smallest absolute Gasteiger partial charge is 0.231 e. The zero-order valence-electron chi connectivity index (χ0n) is 14.8. The minimum absolute atomic E-state index is 0.342. The second kappa shape index (κ2) is 7.46. The van der Waals surface area contributed by atoms with Crippen molar-refractivity contribution in [3.63, 3.8) is 0 Å². The number of hydrogen-bond acceptors (Lipinski definition) is 4. The van der Waals surface area contributed by atoms with E-state index in [1.54, 1.807) is 0 Å². The van der Waals surface area contributed by atoms with E-state index in [-0.39, 0.29) is 0 Å². The van der Waals surface area contributed by atoms with E-state index in [0.29, 0.717) is 18.9 Å². The number of nitrogens with one attached hydrogen (secondary N) is 1. The first-order valence-electron chi connectivity index (χ1n) is 9.20. The summed E-state index contributed by atoms with van der Waals surface area (Å²) in [6.45, 7) is 5.94. The van der Waals surface area contributed by atoms with Crippen LogP contribution in [0.5, 0.6) is 11.5 Å². The molecule has 4 heteroatoms. The summed E-state index contributed by atoms with van der Waals surface area (Å²) in [6.07, 6.45) is 2.24. The average molecular weight is 338 g/mol. The van der Waals surface area contributed by atoms with Crippen LogP contribution in [0.15, 0.2) is 48.5 Å². The van der Waals surface area contributed by atoms with Crippen LogP contribution in [0.3, 0.4) is 0 Å². The van der Waals surface area contributed by atoms with Gasteiger partial charge in [-0.25, -0.2) is 0 Å². The number of ether oxygens (including phenoxy) is 2. The van der Waals surface area contributed by atoms with Gasteiger partial charge in [-0.05, 0) is 49.6 Å². The van der Waals surface area contributed by atoms with Crippen LogP contribution in [0, 0.1) is 0 Å². The van der Waals surface area contributed by atoms with Gasteiger partial charge in [0.25, 0.3) is 0 Å². The molecule has 0 aromatic heterocycles. The number of benzene rings is 2. The van der Waals surface area contributed by atoms with Gasteiger partial charge in [0.15, 0.2) is 11.5 Å². The molecule has 0 radical (unpaired) electrons. The molecule has 1 N–H and O–H groups in total. The Hall–Kier alpha value is -2.04. The average Bonchev–Trinajstić information content (AvgIpc) is 3.31. The highest BCUT2D eigenvalue weighted by molar-refractivity contribution is 5.44. The van der Waals surface area contributed by atoms with Gasteiger partial charge < -0.3 is 14.8 Å². The first kappa shape index (κ1) is 16.4. The lowest BCUT2D eigenvalue weighted by atomic mass is 10.1. The fourth-order valence-corrected chi connectivity index (χ4v) is 3.77. The molecule has 4 nitrogen and oxygen atoms in total. The molecular formula is C21H26N2O2. The quantitative estimate of drug-likeness (QED) is 0.875. The standard InChI is InChI=1S/C21H26N2O2/c1-16(18-5-3-2-4-6-18)23-12-10-19(14-23)22-11-9-17-7-8-20-21(13-17)25-15-24-20/h2-8,13,16,19,22H,9-12,14-15H2,1H3/t16-,19+/m1/s1. The molecule has 1 fully saturated rings. The van der Waals surface area contributed by atoms with E-state index in [1.807, 2.05) is 6.07 Å². The first-order valence-corrected chi connectivity index (χ1v) is 9.20. The number of fused-ring (bicyclic) bond motifs is 1. The van der Waals surface area contributed by atoms with Crippen molar-refractivity contribution in [2.45, 2.75) is 31.8 Å². The third-order valence-electron chi connectivity index (χ3n) is 5.33. The maximum absolute atomic E-state index is 5.45. The number of nitrogens with zero attached hydrogens (tertiary/aromatic N) is 1. The molecule has 2 heterocycles. The zero-order valence-corrected chi connectivity index (χ0v) is 14.8. The Morgan fingerprint density at radius 2 is 1.96 bits per heavy atom. The van der Waals surface area contributed by atoms with E-state index < -0.39 is 0 Å². The lowest BCUT2D eigenvalue weighted by Gasteiger charge is -2.25. The predicted octanol–water partition coefficient (Wildman–Crippen LogP) is 3.38. The fourth-order valence-electron chi connectivity index (χ4n) is 3.77. The van der Waals surface area contributed by atoms with Gasteiger partial charge in [-0.3, -0.25) is 4.90 Å². The van der Waals surface area contributed by atoms with Gasteiger partial charge in [0, 0.05) is 25.2 Å². The number of rotatable bonds is 6. The molecule has 0 saturated carbocycles. The molecule has 2 atom stereocenters. The highest BCUT2D eigenvalue weighted by Gasteiger charge is 2.26. The maximum Gasteiger partial charge on any atom is 0.231 e. The van der Waals surface area contributed by atoms with Gasteiger partial charge in [-0.1, -0.05) is 36.4 Å². The van der Waals surface area contributed by atoms with Gasteiger partial charge >= 0.3 is 0 Å². The van der Waals surface area contributed by atoms with Crippen LogP contribution in [0.2, 0.25) is 0 Å². The summed E-state index contributed by atoms with van der Waals surface area (Å²) in [4.78, 5) is 2.58. The zero-order chi connectivity index (χ0) is 17.1. The van der Waals surface area contributed by atoms with Crippen molar-refractivity contribution in [1.82, 2.24) is 10.2 Å². The number of likely N-dealkylation sites (tertiary alicyclic amines) is 1. The van der Waals surface area contributed by atoms with Gasteiger partial charge in [-0.15, -0.1) is 0 Å². The van der Waals surface area contributed by atoms with Crippen LogP contribution in [0.4, 0.5) is 0 Å². The minimum Gasteiger partial charge on any atom is -0.454 e. The van der Waals surface area contributed by atoms with E-state index in [9.17, 15) is 0 Å². The highest BCUT2D eigenvalue weighted by atomic mass is 16.7. The van der Waals surface area contributed by atoms with E-state index in [0.717, 1.165) is 37.6 Å². The molecule has 2 aromatic rings. The van der Waals surface area contributed by atoms with E-state index in [1.165, 1.54) is 17.5 Å². The van der Waals surface area contributed by atoms with E-state index >= 15 is 0 Å². The Morgan fingerprint density at radius 1 is 1.12 bits per heavy atom. The molecule has 0 unspecified atom stereocenters. The molecule has 0 spiro atoms. The van der Waals surface area contributed by atoms with Crippen LogP contribution in [-0.4, -0.2) is 37.4 Å². The van der Waals surface area contributed by atoms with Crippen LogP contribution >= 0.6 is 0 Å². The minimum atomic E-state index is 0.342. The number of hydrogen-bond donors (Lipinski definition) is 1. The summed E-state index contributed by atoms with van der Waals surface area (Å²) in [6, 6.07) is 18.1. The van der Waals surface area contributed by atoms with Crippen molar-refractivity contribution >= 4 is 0 Å². The van der Waals surface area contributed by atoms with E-state index in [4.69, 9.17) is 9.47 Å². The Balaban J connectivity index is 1.24. The normalized spacial score (nSPS) is 20.8. The second-order valence-electron chi connectivity index (χ2n) is 6.96. The van der Waals surface area contributed by atoms with Crippen LogP contribution in [-0.2, 0) is 6.42 Å². The lowest BCUT2D eigenvalue weighted by molar-refractivity contribution is 0.174. The molecular weight excluding hydrogens is 312 g/mol. The van der Waals surface area contributed by atoms with Gasteiger partial charge in [0.05, 0.1) is 0 Å². The van der Waals surface area contributed by atoms with Crippen LogP contribution in [0.1, 0.15) is 30.5 Å². The molecule has 0 amide bonds. The lowest BCUT2D eigenvalue weighted by Crippen LogP contribution is -2.34. The molecule has 25 heavy (non-hydrogen) atoms. The van der Waals surface area contributed by atoms with Crippen molar-refractivity contribution in [1.29, 1.82) is 0 Å². The SMILES string of the molecule is C[C@H](c1ccccc1)N1CC[C@H](NCCc2ccc3c(c2)OCO3)C1. The van der Waals surface area contributed by atoms with Crippen molar-refractivity contribution in [2.75, 3.05) is 26.4 Å². The second-order valence-corrected chi connectivity index (χ2v) is 6.96. The van der Waals surface area contributed by atoms with Crippen molar-refractivity contribution in [3.8, 4) is 11.5 Å². The van der Waals surface area contributed by atoms with Gasteiger partial charge in [0.1, 0.15) is 0 Å². The Labute approximate surface area is 149 Å². The topological polar surface area (TPSA) is 33.7 Å². The van der Waals surface area contributed by atoms with E-state index in [2.05, 4.69) is 59.6 Å². The Kier molecular flexibility index (Phi) is 4.90. The fraction of sp³-hybridized carbons (Fsp3) is 0.429. The summed E-state index contributed by atoms with van der Waals surface area (Å²) in [5.41, 5.74) is 2.70. The molecule has 2 aliphatic rings. The molecule has 2 aliphatic heterocycles. The molecule has 0 bridgehead atoms. The summed E-state index contributed by atoms with van der Waals surface area (Å²) >= 11 is 0. The van der Waals surface area contributed by atoms with Crippen LogP contribution < -0.4 is 14.8 Å². The van der Waals surface area contributed by atoms with Gasteiger partial charge in [-0.2, -0.15) is 0 Å². The molecule has 1 saturated heterocycles. The Bertz CT molecular complexity index is 704. The summed E-state index contributed by atoms with van der Waals surface area (Å²) in [5.74, 6) is 1.74. The predicted molar refractivity (Wildman–Crippen MR) is 99.1 cm³/mol. The van der Waals surface area contributed by atoms with Crippen molar-refractivity contribution in [2.24, 2.45) is 0 Å². The summed E-state index contributed by atoms with van der Waals surface area (Å²) in [5, 5.41) is 3.72. The molecule has 132 valence electrons. The third-order valence-corrected chi connectivity index (χ3v) is 5.33. The van der Waals surface area contributed by atoms with Gasteiger partial charge in [0.2, 0.25) is 6.79 Å². The summed E-state index contributed by atoms with van der Waals surface area (Å²) < 4.78 is 10.8. The monoisotopic (exact) mass is 338 g/mol. The molecule has 0 aliphatic carbocycles. The van der Waals surface area contributed by atoms with Crippen molar-refractivity contribution < 1.29 is 9.47 Å². The highest BCUT2D eigenvalue weighted by Crippen LogP contribution is 2.32. The molecule has 4 rings (SSSR count). The summed E-state index contributed by atoms with van der Waals surface area (Å²) in [7, 11) is 0. The van der Waals surface area contributed by atoms with Crippen molar-refractivity contribution in [3.05, 3.63) is 59.7 Å². The largest absolute Gasteiger partial charge is 0.454 e. The molecule has 2 aromatic carbocycles. The maximum atomic E-state index is 5.45.